The standard InChI is InChI=1S/C15H25NO2/c1-5-16-12(4)10-13-8-9-14(17-6-2)15(11-13)18-7-3/h8-9,11-12,16H,5-7,10H2,1-4H3. The van der Waals surface area contributed by atoms with Crippen molar-refractivity contribution in [3.8, 4) is 11.5 Å². The lowest BCUT2D eigenvalue weighted by molar-refractivity contribution is 0.287. The molecule has 0 saturated heterocycles. The molecule has 1 unspecified atom stereocenters. The van der Waals surface area contributed by atoms with E-state index in [1.165, 1.54) is 5.56 Å². The first-order chi connectivity index (χ1) is 8.71. The van der Waals surface area contributed by atoms with Gasteiger partial charge in [0.1, 0.15) is 0 Å². The van der Waals surface area contributed by atoms with Crippen LogP contribution in [0.2, 0.25) is 0 Å². The monoisotopic (exact) mass is 251 g/mol. The number of benzene rings is 1. The Morgan fingerprint density at radius 1 is 1.06 bits per heavy atom. The molecule has 18 heavy (non-hydrogen) atoms. The molecule has 1 aromatic rings. The Balaban J connectivity index is 2.78. The molecule has 0 fully saturated rings. The second-order valence-electron chi connectivity index (χ2n) is 4.31. The molecule has 3 heteroatoms. The van der Waals surface area contributed by atoms with E-state index >= 15 is 0 Å². The third-order valence-electron chi connectivity index (χ3n) is 2.70. The zero-order chi connectivity index (χ0) is 13.4. The summed E-state index contributed by atoms with van der Waals surface area (Å²) >= 11 is 0. The van der Waals surface area contributed by atoms with Gasteiger partial charge in [0, 0.05) is 6.04 Å². The number of ether oxygens (including phenoxy) is 2. The van der Waals surface area contributed by atoms with Gasteiger partial charge in [-0.05, 0) is 51.4 Å². The van der Waals surface area contributed by atoms with Gasteiger partial charge in [-0.2, -0.15) is 0 Å². The maximum Gasteiger partial charge on any atom is 0.161 e. The molecule has 0 aliphatic rings. The van der Waals surface area contributed by atoms with Crippen LogP contribution in [-0.2, 0) is 6.42 Å². The molecule has 102 valence electrons. The van der Waals surface area contributed by atoms with E-state index in [0.717, 1.165) is 24.5 Å². The number of hydrogen-bond acceptors (Lipinski definition) is 3. The Hall–Kier alpha value is -1.22. The molecule has 3 nitrogen and oxygen atoms in total. The quantitative estimate of drug-likeness (QED) is 0.770. The zero-order valence-electron chi connectivity index (χ0n) is 12.0. The summed E-state index contributed by atoms with van der Waals surface area (Å²) in [5, 5.41) is 3.41. The first kappa shape index (κ1) is 14.8. The lowest BCUT2D eigenvalue weighted by Gasteiger charge is -2.15. The van der Waals surface area contributed by atoms with Gasteiger partial charge in [-0.3, -0.25) is 0 Å². The van der Waals surface area contributed by atoms with Gasteiger partial charge in [0.05, 0.1) is 13.2 Å². The fourth-order valence-corrected chi connectivity index (χ4v) is 2.00. The third kappa shape index (κ3) is 4.57. The minimum Gasteiger partial charge on any atom is -0.490 e. The van der Waals surface area contributed by atoms with Crippen LogP contribution in [0, 0.1) is 0 Å². The summed E-state index contributed by atoms with van der Waals surface area (Å²) in [6.07, 6.45) is 1.00. The highest BCUT2D eigenvalue weighted by Gasteiger charge is 2.08. The average molecular weight is 251 g/mol. The van der Waals surface area contributed by atoms with E-state index < -0.39 is 0 Å². The fourth-order valence-electron chi connectivity index (χ4n) is 2.00. The van der Waals surface area contributed by atoms with E-state index in [1.807, 2.05) is 19.9 Å². The fraction of sp³-hybridized carbons (Fsp3) is 0.600. The average Bonchev–Trinajstić information content (AvgIpc) is 2.33. The van der Waals surface area contributed by atoms with Crippen molar-refractivity contribution in [1.29, 1.82) is 0 Å². The SMILES string of the molecule is CCNC(C)Cc1ccc(OCC)c(OCC)c1. The van der Waals surface area contributed by atoms with Gasteiger partial charge < -0.3 is 14.8 Å². The van der Waals surface area contributed by atoms with Crippen molar-refractivity contribution in [2.24, 2.45) is 0 Å². The van der Waals surface area contributed by atoms with Crippen LogP contribution in [0.4, 0.5) is 0 Å². The normalized spacial score (nSPS) is 12.2. The molecule has 0 aromatic heterocycles. The highest BCUT2D eigenvalue weighted by molar-refractivity contribution is 5.43. The first-order valence-electron chi connectivity index (χ1n) is 6.83. The molecule has 0 amide bonds. The molecule has 0 radical (unpaired) electrons. The molecular weight excluding hydrogens is 226 g/mol. The van der Waals surface area contributed by atoms with Gasteiger partial charge in [0.25, 0.3) is 0 Å². The first-order valence-corrected chi connectivity index (χ1v) is 6.83. The number of nitrogens with one attached hydrogen (secondary N) is 1. The van der Waals surface area contributed by atoms with Gasteiger partial charge in [-0.25, -0.2) is 0 Å². The van der Waals surface area contributed by atoms with Crippen molar-refractivity contribution in [2.75, 3.05) is 19.8 Å². The van der Waals surface area contributed by atoms with Crippen LogP contribution >= 0.6 is 0 Å². The molecule has 1 atom stereocenters. The molecular formula is C15H25NO2. The van der Waals surface area contributed by atoms with Crippen LogP contribution in [0.25, 0.3) is 0 Å². The van der Waals surface area contributed by atoms with E-state index in [1.54, 1.807) is 0 Å². The van der Waals surface area contributed by atoms with Crippen molar-refractivity contribution in [3.05, 3.63) is 23.8 Å². The van der Waals surface area contributed by atoms with E-state index in [-0.39, 0.29) is 0 Å². The third-order valence-corrected chi connectivity index (χ3v) is 2.70. The van der Waals surface area contributed by atoms with Gasteiger partial charge in [-0.1, -0.05) is 13.0 Å². The van der Waals surface area contributed by atoms with Crippen molar-refractivity contribution in [1.82, 2.24) is 5.32 Å². The second-order valence-corrected chi connectivity index (χ2v) is 4.31. The molecule has 0 spiro atoms. The van der Waals surface area contributed by atoms with Crippen LogP contribution in [0.5, 0.6) is 11.5 Å². The maximum absolute atomic E-state index is 5.63. The van der Waals surface area contributed by atoms with E-state index in [9.17, 15) is 0 Å². The Labute approximate surface area is 110 Å². The number of rotatable bonds is 8. The van der Waals surface area contributed by atoms with Crippen LogP contribution in [0.15, 0.2) is 18.2 Å². The predicted molar refractivity (Wildman–Crippen MR) is 75.6 cm³/mol. The van der Waals surface area contributed by atoms with Gasteiger partial charge >= 0.3 is 0 Å². The lowest BCUT2D eigenvalue weighted by Crippen LogP contribution is -2.27. The molecule has 0 saturated carbocycles. The zero-order valence-corrected chi connectivity index (χ0v) is 12.0. The molecule has 1 rings (SSSR count). The maximum atomic E-state index is 5.63. The van der Waals surface area contributed by atoms with Crippen LogP contribution in [-0.4, -0.2) is 25.8 Å². The van der Waals surface area contributed by atoms with Crippen molar-refractivity contribution in [2.45, 2.75) is 40.2 Å². The van der Waals surface area contributed by atoms with Crippen LogP contribution in [0.1, 0.15) is 33.3 Å². The molecule has 0 heterocycles. The Kier molecular flexibility index (Phi) is 6.58. The largest absolute Gasteiger partial charge is 0.490 e. The van der Waals surface area contributed by atoms with E-state index in [4.69, 9.17) is 9.47 Å². The van der Waals surface area contributed by atoms with Crippen molar-refractivity contribution < 1.29 is 9.47 Å². The predicted octanol–water partition coefficient (Wildman–Crippen LogP) is 3.02. The van der Waals surface area contributed by atoms with E-state index in [0.29, 0.717) is 19.3 Å². The number of likely N-dealkylation sites (N-methyl/N-ethyl adjacent to an activating group) is 1. The van der Waals surface area contributed by atoms with E-state index in [2.05, 4.69) is 31.3 Å². The highest BCUT2D eigenvalue weighted by Crippen LogP contribution is 2.28. The Morgan fingerprint density at radius 3 is 2.33 bits per heavy atom. The molecule has 0 aliphatic carbocycles. The number of hydrogen-bond donors (Lipinski definition) is 1. The molecule has 1 aromatic carbocycles. The molecule has 0 aliphatic heterocycles. The van der Waals surface area contributed by atoms with Gasteiger partial charge in [0.2, 0.25) is 0 Å². The van der Waals surface area contributed by atoms with Gasteiger partial charge in [-0.15, -0.1) is 0 Å². The summed E-state index contributed by atoms with van der Waals surface area (Å²) in [5.74, 6) is 1.68. The van der Waals surface area contributed by atoms with Crippen molar-refractivity contribution >= 4 is 0 Å². The second kappa shape index (κ2) is 7.98. The minimum absolute atomic E-state index is 0.474. The van der Waals surface area contributed by atoms with Gasteiger partial charge in [0.15, 0.2) is 11.5 Å². The lowest BCUT2D eigenvalue weighted by atomic mass is 10.1. The summed E-state index contributed by atoms with van der Waals surface area (Å²) in [6.45, 7) is 10.6. The highest BCUT2D eigenvalue weighted by atomic mass is 16.5. The topological polar surface area (TPSA) is 30.5 Å². The smallest absolute Gasteiger partial charge is 0.161 e. The molecule has 0 bridgehead atoms. The van der Waals surface area contributed by atoms with Crippen molar-refractivity contribution in [3.63, 3.8) is 0 Å². The minimum atomic E-state index is 0.474. The summed E-state index contributed by atoms with van der Waals surface area (Å²) in [5.41, 5.74) is 1.27. The molecule has 1 N–H and O–H groups in total. The Bertz CT molecular complexity index is 352. The van der Waals surface area contributed by atoms with Crippen LogP contribution < -0.4 is 14.8 Å². The summed E-state index contributed by atoms with van der Waals surface area (Å²) in [7, 11) is 0. The Morgan fingerprint density at radius 2 is 1.72 bits per heavy atom. The van der Waals surface area contributed by atoms with Crippen LogP contribution in [0.3, 0.4) is 0 Å². The summed E-state index contributed by atoms with van der Waals surface area (Å²) in [4.78, 5) is 0. The summed E-state index contributed by atoms with van der Waals surface area (Å²) in [6, 6.07) is 6.68. The summed E-state index contributed by atoms with van der Waals surface area (Å²) < 4.78 is 11.2.